The van der Waals surface area contributed by atoms with Crippen molar-refractivity contribution in [1.29, 1.82) is 0 Å². The smallest absolute Gasteiger partial charge is 0.0352 e. The molecule has 104 valence electrons. The molecule has 1 heteroatoms. The van der Waals surface area contributed by atoms with Gasteiger partial charge in [0.25, 0.3) is 0 Å². The number of fused-ring (bicyclic) bond motifs is 1. The van der Waals surface area contributed by atoms with Gasteiger partial charge in [-0.15, -0.1) is 0 Å². The fourth-order valence-corrected chi connectivity index (χ4v) is 4.35. The second-order valence-corrected chi connectivity index (χ2v) is 7.36. The molecule has 3 rings (SSSR count). The molecule has 1 aliphatic heterocycles. The molecule has 0 bridgehead atoms. The van der Waals surface area contributed by atoms with Crippen LogP contribution >= 0.6 is 11.8 Å². The van der Waals surface area contributed by atoms with Crippen LogP contribution in [0, 0.1) is 17.8 Å². The van der Waals surface area contributed by atoms with Gasteiger partial charge in [0, 0.05) is 10.8 Å². The first-order chi connectivity index (χ1) is 9.58. The van der Waals surface area contributed by atoms with Crippen LogP contribution < -0.4 is 0 Å². The third kappa shape index (κ3) is 2.29. The van der Waals surface area contributed by atoms with Gasteiger partial charge in [0.1, 0.15) is 0 Å². The lowest BCUT2D eigenvalue weighted by Crippen LogP contribution is -1.95. The van der Waals surface area contributed by atoms with Crippen LogP contribution in [0.1, 0.15) is 33.3 Å². The number of hydrogen-bond donors (Lipinski definition) is 0. The highest BCUT2D eigenvalue weighted by Gasteiger charge is 2.34. The Labute approximate surface area is 126 Å². The summed E-state index contributed by atoms with van der Waals surface area (Å²) in [5.74, 6) is 1.72. The summed E-state index contributed by atoms with van der Waals surface area (Å²) >= 11 is 2.01. The van der Waals surface area contributed by atoms with E-state index < -0.39 is 0 Å². The van der Waals surface area contributed by atoms with Crippen LogP contribution in [-0.4, -0.2) is 0 Å². The highest BCUT2D eigenvalue weighted by Crippen LogP contribution is 2.54. The molecule has 1 aliphatic carbocycles. The van der Waals surface area contributed by atoms with Crippen molar-refractivity contribution >= 4 is 17.3 Å². The Morgan fingerprint density at radius 3 is 2.25 bits per heavy atom. The summed E-state index contributed by atoms with van der Waals surface area (Å²) in [5.41, 5.74) is 4.38. The van der Waals surface area contributed by atoms with Crippen LogP contribution in [0.5, 0.6) is 0 Å². The van der Waals surface area contributed by atoms with E-state index in [0.29, 0.717) is 17.8 Å². The zero-order chi connectivity index (χ0) is 14.3. The van der Waals surface area contributed by atoms with Crippen LogP contribution in [0.25, 0.3) is 5.57 Å². The summed E-state index contributed by atoms with van der Waals surface area (Å²) in [6.07, 6.45) is 4.92. The highest BCUT2D eigenvalue weighted by molar-refractivity contribution is 8.07. The Kier molecular flexibility index (Phi) is 3.64. The third-order valence-electron chi connectivity index (χ3n) is 4.07. The molecule has 1 aromatic carbocycles. The van der Waals surface area contributed by atoms with Crippen LogP contribution in [0.2, 0.25) is 0 Å². The normalized spacial score (nSPS) is 21.6. The molecule has 1 aromatic rings. The maximum Gasteiger partial charge on any atom is 0.0352 e. The molecular formula is C19H22S. The second-order valence-electron chi connectivity index (χ2n) is 6.24. The first-order valence-corrected chi connectivity index (χ1v) is 8.30. The maximum atomic E-state index is 2.48. The van der Waals surface area contributed by atoms with Gasteiger partial charge in [-0.3, -0.25) is 0 Å². The van der Waals surface area contributed by atoms with Gasteiger partial charge in [0.2, 0.25) is 0 Å². The minimum atomic E-state index is 0.497. The van der Waals surface area contributed by atoms with E-state index in [0.717, 1.165) is 0 Å². The third-order valence-corrected chi connectivity index (χ3v) is 5.62. The molecule has 1 atom stereocenters. The Bertz CT molecular complexity index is 600. The molecule has 1 unspecified atom stereocenters. The first-order valence-electron chi connectivity index (χ1n) is 7.48. The van der Waals surface area contributed by atoms with Crippen molar-refractivity contribution < 1.29 is 0 Å². The fraction of sp³-hybridized carbons (Fsp3) is 0.368. The van der Waals surface area contributed by atoms with E-state index in [1.807, 2.05) is 11.8 Å². The van der Waals surface area contributed by atoms with Gasteiger partial charge >= 0.3 is 0 Å². The summed E-state index contributed by atoms with van der Waals surface area (Å²) in [6.45, 7) is 9.19. The van der Waals surface area contributed by atoms with Gasteiger partial charge in [0.05, 0.1) is 0 Å². The predicted octanol–water partition coefficient (Wildman–Crippen LogP) is 5.90. The average molecular weight is 282 g/mol. The SMILES string of the molecule is CC(C)C1=CC2C(c3ccccc3)=CC(C(C)C)=C2S1. The molecular weight excluding hydrogens is 260 g/mol. The van der Waals surface area contributed by atoms with E-state index >= 15 is 0 Å². The lowest BCUT2D eigenvalue weighted by molar-refractivity contribution is 0.787. The number of benzene rings is 1. The Hall–Kier alpha value is -1.21. The second kappa shape index (κ2) is 5.29. The fourth-order valence-electron chi connectivity index (χ4n) is 2.92. The minimum absolute atomic E-state index is 0.497. The van der Waals surface area contributed by atoms with E-state index in [1.54, 1.807) is 4.91 Å². The van der Waals surface area contributed by atoms with Gasteiger partial charge in [-0.25, -0.2) is 0 Å². The van der Waals surface area contributed by atoms with E-state index in [4.69, 9.17) is 0 Å². The zero-order valence-corrected chi connectivity index (χ0v) is 13.5. The number of hydrogen-bond acceptors (Lipinski definition) is 1. The average Bonchev–Trinajstić information content (AvgIpc) is 2.97. The Morgan fingerprint density at radius 1 is 0.950 bits per heavy atom. The molecule has 20 heavy (non-hydrogen) atoms. The molecule has 0 saturated heterocycles. The summed E-state index contributed by atoms with van der Waals surface area (Å²) in [6, 6.07) is 10.8. The molecule has 0 spiro atoms. The van der Waals surface area contributed by atoms with Gasteiger partial charge < -0.3 is 0 Å². The molecule has 0 aromatic heterocycles. The van der Waals surface area contributed by atoms with Crippen LogP contribution in [0.4, 0.5) is 0 Å². The summed E-state index contributed by atoms with van der Waals surface area (Å²) < 4.78 is 0. The number of allylic oxidation sites excluding steroid dienone is 6. The predicted molar refractivity (Wildman–Crippen MR) is 90.3 cm³/mol. The van der Waals surface area contributed by atoms with E-state index in [-0.39, 0.29) is 0 Å². The maximum absolute atomic E-state index is 2.48. The summed E-state index contributed by atoms with van der Waals surface area (Å²) in [4.78, 5) is 3.10. The van der Waals surface area contributed by atoms with Gasteiger partial charge in [-0.2, -0.15) is 0 Å². The standard InChI is InChI=1S/C19H22S/c1-12(2)15-10-16(14-8-6-5-7-9-14)17-11-18(13(3)4)20-19(15)17/h5-13,17H,1-4H3. The van der Waals surface area contributed by atoms with Crippen molar-refractivity contribution in [3.63, 3.8) is 0 Å². The van der Waals surface area contributed by atoms with Gasteiger partial charge in [-0.05, 0) is 33.5 Å². The van der Waals surface area contributed by atoms with Crippen molar-refractivity contribution in [3.05, 3.63) is 63.4 Å². The first kappa shape index (κ1) is 13.8. The molecule has 0 fully saturated rings. The van der Waals surface area contributed by atoms with Gasteiger partial charge in [-0.1, -0.05) is 81.9 Å². The lowest BCUT2D eigenvalue weighted by atomic mass is 9.94. The molecule has 0 nitrogen and oxygen atoms in total. The Balaban J connectivity index is 2.04. The van der Waals surface area contributed by atoms with Crippen LogP contribution in [0.3, 0.4) is 0 Å². The van der Waals surface area contributed by atoms with Crippen molar-refractivity contribution in [3.8, 4) is 0 Å². The molecule has 0 N–H and O–H groups in total. The monoisotopic (exact) mass is 282 g/mol. The van der Waals surface area contributed by atoms with Crippen molar-refractivity contribution in [2.75, 3.05) is 0 Å². The largest absolute Gasteiger partial charge is 0.0977 e. The summed E-state index contributed by atoms with van der Waals surface area (Å²) in [7, 11) is 0. The van der Waals surface area contributed by atoms with Crippen molar-refractivity contribution in [2.45, 2.75) is 27.7 Å². The van der Waals surface area contributed by atoms with E-state index in [1.165, 1.54) is 21.6 Å². The molecule has 0 amide bonds. The Morgan fingerprint density at radius 2 is 1.65 bits per heavy atom. The topological polar surface area (TPSA) is 0 Å². The van der Waals surface area contributed by atoms with Crippen LogP contribution in [0.15, 0.2) is 57.9 Å². The summed E-state index contributed by atoms with van der Waals surface area (Å²) in [5, 5.41) is 0. The molecule has 0 saturated carbocycles. The number of thioether (sulfide) groups is 1. The van der Waals surface area contributed by atoms with Crippen molar-refractivity contribution in [1.82, 2.24) is 0 Å². The number of rotatable bonds is 3. The lowest BCUT2D eigenvalue weighted by Gasteiger charge is -2.11. The van der Waals surface area contributed by atoms with E-state index in [2.05, 4.69) is 70.2 Å². The zero-order valence-electron chi connectivity index (χ0n) is 12.7. The van der Waals surface area contributed by atoms with Gasteiger partial charge in [0.15, 0.2) is 0 Å². The molecule has 0 radical (unpaired) electrons. The van der Waals surface area contributed by atoms with Crippen molar-refractivity contribution in [2.24, 2.45) is 17.8 Å². The molecule has 1 heterocycles. The molecule has 2 aliphatic rings. The van der Waals surface area contributed by atoms with E-state index in [9.17, 15) is 0 Å². The highest BCUT2D eigenvalue weighted by atomic mass is 32.2. The quantitative estimate of drug-likeness (QED) is 0.665. The minimum Gasteiger partial charge on any atom is -0.0977 e. The van der Waals surface area contributed by atoms with Crippen LogP contribution in [-0.2, 0) is 0 Å².